The van der Waals surface area contributed by atoms with Gasteiger partial charge in [-0.05, 0) is 13.0 Å². The first-order valence-corrected chi connectivity index (χ1v) is 5.74. The third kappa shape index (κ3) is 7.58. The molecule has 0 heterocycles. The van der Waals surface area contributed by atoms with Gasteiger partial charge in [0.2, 0.25) is 11.8 Å². The maximum absolute atomic E-state index is 11.4. The highest BCUT2D eigenvalue weighted by Gasteiger charge is 2.19. The van der Waals surface area contributed by atoms with Crippen molar-refractivity contribution in [1.29, 1.82) is 0 Å². The highest BCUT2D eigenvalue weighted by atomic mass is 32.1. The highest BCUT2D eigenvalue weighted by Crippen LogP contribution is 1.92. The largest absolute Gasteiger partial charge is 0.480 e. The average Bonchev–Trinajstić information content (AvgIpc) is 2.30. The predicted molar refractivity (Wildman–Crippen MR) is 64.7 cm³/mol. The molecule has 5 N–H and O–H groups in total. The molecule has 7 nitrogen and oxygen atoms in total. The van der Waals surface area contributed by atoms with Gasteiger partial charge in [-0.15, -0.1) is 0 Å². The Labute approximate surface area is 105 Å². The summed E-state index contributed by atoms with van der Waals surface area (Å²) in [6.45, 7) is -0.0913. The first kappa shape index (κ1) is 15.7. The molecule has 0 aromatic carbocycles. The van der Waals surface area contributed by atoms with E-state index in [1.807, 2.05) is 0 Å². The lowest BCUT2D eigenvalue weighted by molar-refractivity contribution is -0.138. The van der Waals surface area contributed by atoms with Gasteiger partial charge in [-0.25, -0.2) is 0 Å². The number of carbonyl (C=O) groups excluding carboxylic acids is 2. The Kier molecular flexibility index (Phi) is 8.16. The minimum absolute atomic E-state index is 0.0970. The quantitative estimate of drug-likeness (QED) is 0.336. The first-order valence-electron chi connectivity index (χ1n) is 5.11. The second-order valence-corrected chi connectivity index (χ2v) is 3.67. The molecule has 1 unspecified atom stereocenters. The lowest BCUT2D eigenvalue weighted by Gasteiger charge is -2.15. The van der Waals surface area contributed by atoms with Gasteiger partial charge in [0.1, 0.15) is 12.6 Å². The molecule has 0 aliphatic carbocycles. The summed E-state index contributed by atoms with van der Waals surface area (Å²) in [7, 11) is 0. The molecule has 0 radical (unpaired) electrons. The number of thiol groups is 1. The zero-order chi connectivity index (χ0) is 13.3. The number of hydrogen-bond acceptors (Lipinski definition) is 5. The number of aliphatic carboxylic acids is 1. The molecule has 0 saturated carbocycles. The molecule has 0 spiro atoms. The number of nitrogens with two attached hydrogens (primary N) is 1. The van der Waals surface area contributed by atoms with Gasteiger partial charge in [0.05, 0.1) is 0 Å². The Morgan fingerprint density at radius 1 is 1.35 bits per heavy atom. The van der Waals surface area contributed by atoms with Crippen molar-refractivity contribution in [1.82, 2.24) is 10.6 Å². The molecular weight excluding hydrogens is 246 g/mol. The molecule has 98 valence electrons. The molecule has 1 atom stereocenters. The van der Waals surface area contributed by atoms with Crippen LogP contribution in [0.25, 0.3) is 0 Å². The standard InChI is InChI=1S/C9H17N3O4S/c10-3-1-2-7(13)12-6(5-17)9(16)11-4-8(14)15/h6,17H,1-5,10H2,(H,11,16)(H,12,13)(H,14,15). The molecule has 17 heavy (non-hydrogen) atoms. The molecule has 0 bridgehead atoms. The molecule has 0 saturated heterocycles. The second kappa shape index (κ2) is 8.82. The summed E-state index contributed by atoms with van der Waals surface area (Å²) < 4.78 is 0. The SMILES string of the molecule is NCCCC(=O)NC(CS)C(=O)NCC(=O)O. The van der Waals surface area contributed by atoms with Crippen LogP contribution in [-0.4, -0.2) is 47.8 Å². The van der Waals surface area contributed by atoms with Crippen LogP contribution < -0.4 is 16.4 Å². The van der Waals surface area contributed by atoms with E-state index in [4.69, 9.17) is 10.8 Å². The third-order valence-electron chi connectivity index (χ3n) is 1.86. The number of nitrogens with one attached hydrogen (secondary N) is 2. The number of amides is 2. The van der Waals surface area contributed by atoms with E-state index in [1.54, 1.807) is 0 Å². The van der Waals surface area contributed by atoms with Gasteiger partial charge in [0.15, 0.2) is 0 Å². The molecule has 0 aliphatic rings. The smallest absolute Gasteiger partial charge is 0.322 e. The second-order valence-electron chi connectivity index (χ2n) is 3.31. The topological polar surface area (TPSA) is 122 Å². The van der Waals surface area contributed by atoms with Gasteiger partial charge in [-0.2, -0.15) is 12.6 Å². The predicted octanol–water partition coefficient (Wildman–Crippen LogP) is -1.66. The van der Waals surface area contributed by atoms with Crippen LogP contribution in [0.4, 0.5) is 0 Å². The van der Waals surface area contributed by atoms with Crippen LogP contribution in [-0.2, 0) is 14.4 Å². The van der Waals surface area contributed by atoms with Crippen LogP contribution in [0.1, 0.15) is 12.8 Å². The Morgan fingerprint density at radius 3 is 2.47 bits per heavy atom. The van der Waals surface area contributed by atoms with Gasteiger partial charge < -0.3 is 21.5 Å². The van der Waals surface area contributed by atoms with Gasteiger partial charge in [0.25, 0.3) is 0 Å². The number of carboxylic acid groups (broad SMARTS) is 1. The molecule has 0 aromatic rings. The molecular formula is C9H17N3O4S. The fourth-order valence-electron chi connectivity index (χ4n) is 1.01. The zero-order valence-corrected chi connectivity index (χ0v) is 10.2. The van der Waals surface area contributed by atoms with Crippen molar-refractivity contribution in [2.75, 3.05) is 18.8 Å². The van der Waals surface area contributed by atoms with Crippen LogP contribution in [0, 0.1) is 0 Å². The maximum atomic E-state index is 11.4. The van der Waals surface area contributed by atoms with Gasteiger partial charge in [0, 0.05) is 12.2 Å². The van der Waals surface area contributed by atoms with E-state index in [0.29, 0.717) is 13.0 Å². The van der Waals surface area contributed by atoms with Crippen LogP contribution >= 0.6 is 12.6 Å². The summed E-state index contributed by atoms with van der Waals surface area (Å²) in [5, 5.41) is 13.0. The lowest BCUT2D eigenvalue weighted by Crippen LogP contribution is -2.49. The Hall–Kier alpha value is -1.28. The summed E-state index contributed by atoms with van der Waals surface area (Å²) >= 11 is 3.92. The van der Waals surface area contributed by atoms with E-state index in [-0.39, 0.29) is 18.1 Å². The van der Waals surface area contributed by atoms with Crippen molar-refractivity contribution >= 4 is 30.4 Å². The van der Waals surface area contributed by atoms with E-state index < -0.39 is 24.5 Å². The number of carboxylic acids is 1. The van der Waals surface area contributed by atoms with E-state index in [9.17, 15) is 14.4 Å². The normalized spacial score (nSPS) is 11.6. The van der Waals surface area contributed by atoms with Gasteiger partial charge in [-0.1, -0.05) is 0 Å². The Bertz CT molecular complexity index is 285. The highest BCUT2D eigenvalue weighted by molar-refractivity contribution is 7.80. The van der Waals surface area contributed by atoms with Crippen LogP contribution in [0.15, 0.2) is 0 Å². The van der Waals surface area contributed by atoms with E-state index in [1.165, 1.54) is 0 Å². The molecule has 0 aromatic heterocycles. The summed E-state index contributed by atoms with van der Waals surface area (Å²) in [5.74, 6) is -1.92. The molecule has 0 rings (SSSR count). The van der Waals surface area contributed by atoms with Gasteiger partial charge in [-0.3, -0.25) is 14.4 Å². The first-order chi connectivity index (χ1) is 8.01. The van der Waals surface area contributed by atoms with Crippen molar-refractivity contribution in [3.05, 3.63) is 0 Å². The van der Waals surface area contributed by atoms with Crippen LogP contribution in [0.5, 0.6) is 0 Å². The summed E-state index contributed by atoms with van der Waals surface area (Å²) in [6.07, 6.45) is 0.759. The zero-order valence-electron chi connectivity index (χ0n) is 9.31. The molecule has 0 fully saturated rings. The van der Waals surface area contributed by atoms with E-state index >= 15 is 0 Å². The third-order valence-corrected chi connectivity index (χ3v) is 2.22. The average molecular weight is 263 g/mol. The van der Waals surface area contributed by atoms with Crippen LogP contribution in [0.2, 0.25) is 0 Å². The van der Waals surface area contributed by atoms with E-state index in [0.717, 1.165) is 0 Å². The van der Waals surface area contributed by atoms with E-state index in [2.05, 4.69) is 23.3 Å². The summed E-state index contributed by atoms with van der Waals surface area (Å²) in [5.41, 5.74) is 5.24. The van der Waals surface area contributed by atoms with Gasteiger partial charge >= 0.3 is 5.97 Å². The molecule has 0 aliphatic heterocycles. The van der Waals surface area contributed by atoms with Crippen LogP contribution in [0.3, 0.4) is 0 Å². The van der Waals surface area contributed by atoms with Crippen molar-refractivity contribution in [2.24, 2.45) is 5.73 Å². The fraction of sp³-hybridized carbons (Fsp3) is 0.667. The number of rotatable bonds is 8. The summed E-state index contributed by atoms with van der Waals surface area (Å²) in [6, 6.07) is -0.831. The summed E-state index contributed by atoms with van der Waals surface area (Å²) in [4.78, 5) is 33.0. The monoisotopic (exact) mass is 263 g/mol. The van der Waals surface area contributed by atoms with Crippen molar-refractivity contribution in [2.45, 2.75) is 18.9 Å². The minimum atomic E-state index is -1.15. The number of hydrogen-bond donors (Lipinski definition) is 5. The Morgan fingerprint density at radius 2 is 2.00 bits per heavy atom. The maximum Gasteiger partial charge on any atom is 0.322 e. The number of carbonyl (C=O) groups is 3. The Balaban J connectivity index is 4.08. The van der Waals surface area contributed by atoms with Crippen molar-refractivity contribution in [3.63, 3.8) is 0 Å². The fourth-order valence-corrected chi connectivity index (χ4v) is 1.27. The lowest BCUT2D eigenvalue weighted by atomic mass is 10.2. The molecule has 8 heteroatoms. The molecule has 2 amide bonds. The minimum Gasteiger partial charge on any atom is -0.480 e. The van der Waals surface area contributed by atoms with Crippen molar-refractivity contribution < 1.29 is 19.5 Å². The van der Waals surface area contributed by atoms with Crippen molar-refractivity contribution in [3.8, 4) is 0 Å².